The lowest BCUT2D eigenvalue weighted by Crippen LogP contribution is -2.26. The lowest BCUT2D eigenvalue weighted by atomic mass is 10.1. The van der Waals surface area contributed by atoms with E-state index in [0.29, 0.717) is 12.1 Å². The van der Waals surface area contributed by atoms with E-state index >= 15 is 0 Å². The van der Waals surface area contributed by atoms with Gasteiger partial charge in [0.2, 0.25) is 10.0 Å². The molecule has 0 atom stereocenters. The highest BCUT2D eigenvalue weighted by atomic mass is 32.2. The minimum absolute atomic E-state index is 0.0836. The van der Waals surface area contributed by atoms with Crippen LogP contribution in [0.5, 0.6) is 0 Å². The second-order valence-corrected chi connectivity index (χ2v) is 6.91. The second-order valence-electron chi connectivity index (χ2n) is 5.15. The van der Waals surface area contributed by atoms with E-state index in [1.807, 2.05) is 37.3 Å². The van der Waals surface area contributed by atoms with Gasteiger partial charge in [0.1, 0.15) is 0 Å². The Morgan fingerprint density at radius 3 is 2.43 bits per heavy atom. The molecule has 0 heterocycles. The highest BCUT2D eigenvalue weighted by molar-refractivity contribution is 7.89. The summed E-state index contributed by atoms with van der Waals surface area (Å²) in [5, 5.41) is 2.68. The second kappa shape index (κ2) is 7.39. The van der Waals surface area contributed by atoms with Crippen molar-refractivity contribution in [2.45, 2.75) is 25.3 Å². The summed E-state index contributed by atoms with van der Waals surface area (Å²) in [5.41, 5.74) is 1.97. The average Bonchev–Trinajstić information content (AvgIpc) is 2.54. The predicted molar refractivity (Wildman–Crippen MR) is 89.7 cm³/mol. The van der Waals surface area contributed by atoms with Crippen LogP contribution in [0.4, 0.5) is 0 Å². The number of amides is 1. The van der Waals surface area contributed by atoms with Crippen LogP contribution in [-0.2, 0) is 16.6 Å². The van der Waals surface area contributed by atoms with Crippen molar-refractivity contribution in [2.75, 3.05) is 6.54 Å². The molecule has 0 bridgehead atoms. The first-order chi connectivity index (χ1) is 10.9. The minimum Gasteiger partial charge on any atom is -0.352 e. The molecule has 0 radical (unpaired) electrons. The maximum absolute atomic E-state index is 12.4. The summed E-state index contributed by atoms with van der Waals surface area (Å²) >= 11 is 0. The molecule has 0 aliphatic heterocycles. The zero-order chi connectivity index (χ0) is 16.9. The molecule has 6 heteroatoms. The zero-order valence-corrected chi connectivity index (χ0v) is 14.0. The molecule has 0 saturated heterocycles. The Bertz CT molecular complexity index is 787. The molecular formula is C17H20N2O3S. The Kier molecular flexibility index (Phi) is 5.52. The fraction of sp³-hybridized carbons (Fsp3) is 0.235. The number of sulfonamides is 1. The molecule has 0 unspecified atom stereocenters. The van der Waals surface area contributed by atoms with Crippen molar-refractivity contribution in [3.63, 3.8) is 0 Å². The van der Waals surface area contributed by atoms with Gasteiger partial charge in [0, 0.05) is 18.7 Å². The standard InChI is InChI=1S/C17H20N2O3S/c1-3-18-17(20)16-11-15(10-9-13(16)2)23(21,22)19-12-14-7-5-4-6-8-14/h4-11,19H,3,12H2,1-2H3,(H,18,20). The Morgan fingerprint density at radius 2 is 1.78 bits per heavy atom. The van der Waals surface area contributed by atoms with E-state index in [1.165, 1.54) is 12.1 Å². The molecule has 122 valence electrons. The first kappa shape index (κ1) is 17.2. The normalized spacial score (nSPS) is 11.2. The van der Waals surface area contributed by atoms with Crippen LogP contribution >= 0.6 is 0 Å². The molecule has 2 rings (SSSR count). The van der Waals surface area contributed by atoms with Crippen molar-refractivity contribution >= 4 is 15.9 Å². The summed E-state index contributed by atoms with van der Waals surface area (Å²) in [6.45, 7) is 4.28. The van der Waals surface area contributed by atoms with Gasteiger partial charge in [-0.1, -0.05) is 36.4 Å². The summed E-state index contributed by atoms with van der Waals surface area (Å²) in [7, 11) is -3.68. The molecule has 2 N–H and O–H groups in total. The SMILES string of the molecule is CCNC(=O)c1cc(S(=O)(=O)NCc2ccccc2)ccc1C. The number of rotatable bonds is 6. The van der Waals surface area contributed by atoms with Crippen LogP contribution in [0, 0.1) is 6.92 Å². The molecule has 0 aliphatic rings. The van der Waals surface area contributed by atoms with Crippen molar-refractivity contribution in [3.05, 3.63) is 65.2 Å². The largest absolute Gasteiger partial charge is 0.352 e. The smallest absolute Gasteiger partial charge is 0.251 e. The van der Waals surface area contributed by atoms with Crippen molar-refractivity contribution in [1.29, 1.82) is 0 Å². The van der Waals surface area contributed by atoms with Gasteiger partial charge in [-0.25, -0.2) is 13.1 Å². The molecule has 0 saturated carbocycles. The Morgan fingerprint density at radius 1 is 1.09 bits per heavy atom. The van der Waals surface area contributed by atoms with Gasteiger partial charge in [-0.05, 0) is 37.1 Å². The van der Waals surface area contributed by atoms with Crippen molar-refractivity contribution in [1.82, 2.24) is 10.0 Å². The summed E-state index contributed by atoms with van der Waals surface area (Å²) in [6.07, 6.45) is 0. The molecule has 2 aromatic rings. The summed E-state index contributed by atoms with van der Waals surface area (Å²) < 4.78 is 27.4. The molecule has 0 aromatic heterocycles. The van der Waals surface area contributed by atoms with Crippen LogP contribution in [0.3, 0.4) is 0 Å². The van der Waals surface area contributed by atoms with Crippen LogP contribution in [0.2, 0.25) is 0 Å². The lowest BCUT2D eigenvalue weighted by Gasteiger charge is -2.10. The highest BCUT2D eigenvalue weighted by Gasteiger charge is 2.17. The van der Waals surface area contributed by atoms with Crippen LogP contribution in [-0.4, -0.2) is 20.9 Å². The number of carbonyl (C=O) groups is 1. The van der Waals surface area contributed by atoms with E-state index in [1.54, 1.807) is 13.0 Å². The number of hydrogen-bond donors (Lipinski definition) is 2. The number of nitrogens with one attached hydrogen (secondary N) is 2. The maximum Gasteiger partial charge on any atom is 0.251 e. The van der Waals surface area contributed by atoms with Crippen molar-refractivity contribution in [2.24, 2.45) is 0 Å². The third-order valence-corrected chi connectivity index (χ3v) is 4.81. The Labute approximate surface area is 136 Å². The number of benzene rings is 2. The van der Waals surface area contributed by atoms with Crippen LogP contribution < -0.4 is 10.0 Å². The van der Waals surface area contributed by atoms with Gasteiger partial charge >= 0.3 is 0 Å². The Balaban J connectivity index is 2.22. The lowest BCUT2D eigenvalue weighted by molar-refractivity contribution is 0.0955. The summed E-state index contributed by atoms with van der Waals surface area (Å²) in [4.78, 5) is 12.1. The molecule has 1 amide bonds. The van der Waals surface area contributed by atoms with E-state index in [2.05, 4.69) is 10.0 Å². The quantitative estimate of drug-likeness (QED) is 0.852. The van der Waals surface area contributed by atoms with Crippen LogP contribution in [0.15, 0.2) is 53.4 Å². The fourth-order valence-electron chi connectivity index (χ4n) is 2.13. The Hall–Kier alpha value is -2.18. The predicted octanol–water partition coefficient (Wildman–Crippen LogP) is 2.22. The van der Waals surface area contributed by atoms with Gasteiger partial charge < -0.3 is 5.32 Å². The van der Waals surface area contributed by atoms with Crippen LogP contribution in [0.25, 0.3) is 0 Å². The third-order valence-electron chi connectivity index (χ3n) is 3.41. The molecule has 0 fully saturated rings. The van der Waals surface area contributed by atoms with Gasteiger partial charge in [-0.3, -0.25) is 4.79 Å². The maximum atomic E-state index is 12.4. The van der Waals surface area contributed by atoms with Gasteiger partial charge in [-0.2, -0.15) is 0 Å². The van der Waals surface area contributed by atoms with E-state index in [9.17, 15) is 13.2 Å². The van der Waals surface area contributed by atoms with Crippen molar-refractivity contribution < 1.29 is 13.2 Å². The van der Waals surface area contributed by atoms with Crippen molar-refractivity contribution in [3.8, 4) is 0 Å². The molecule has 23 heavy (non-hydrogen) atoms. The topological polar surface area (TPSA) is 75.3 Å². The fourth-order valence-corrected chi connectivity index (χ4v) is 3.17. The van der Waals surface area contributed by atoms with E-state index in [0.717, 1.165) is 11.1 Å². The van der Waals surface area contributed by atoms with E-state index < -0.39 is 10.0 Å². The first-order valence-electron chi connectivity index (χ1n) is 7.36. The van der Waals surface area contributed by atoms with Crippen LogP contribution in [0.1, 0.15) is 28.4 Å². The highest BCUT2D eigenvalue weighted by Crippen LogP contribution is 2.16. The van der Waals surface area contributed by atoms with Gasteiger partial charge in [0.15, 0.2) is 0 Å². The van der Waals surface area contributed by atoms with Gasteiger partial charge in [0.25, 0.3) is 5.91 Å². The third kappa shape index (κ3) is 4.40. The van der Waals surface area contributed by atoms with E-state index in [4.69, 9.17) is 0 Å². The van der Waals surface area contributed by atoms with Gasteiger partial charge in [0.05, 0.1) is 4.90 Å². The minimum atomic E-state index is -3.68. The molecule has 0 spiro atoms. The monoisotopic (exact) mass is 332 g/mol. The zero-order valence-electron chi connectivity index (χ0n) is 13.2. The number of carbonyl (C=O) groups excluding carboxylic acids is 1. The molecule has 2 aromatic carbocycles. The summed E-state index contributed by atoms with van der Waals surface area (Å²) in [5.74, 6) is -0.273. The number of hydrogen-bond acceptors (Lipinski definition) is 3. The number of aryl methyl sites for hydroxylation is 1. The summed E-state index contributed by atoms with van der Waals surface area (Å²) in [6, 6.07) is 13.8. The van der Waals surface area contributed by atoms with Gasteiger partial charge in [-0.15, -0.1) is 0 Å². The average molecular weight is 332 g/mol. The molecule has 5 nitrogen and oxygen atoms in total. The van der Waals surface area contributed by atoms with E-state index in [-0.39, 0.29) is 17.3 Å². The first-order valence-corrected chi connectivity index (χ1v) is 8.85. The molecule has 0 aliphatic carbocycles. The molecular weight excluding hydrogens is 312 g/mol.